The van der Waals surface area contributed by atoms with Gasteiger partial charge in [0.2, 0.25) is 5.91 Å². The van der Waals surface area contributed by atoms with Gasteiger partial charge in [-0.15, -0.1) is 0 Å². The summed E-state index contributed by atoms with van der Waals surface area (Å²) in [6.45, 7) is 3.29. The molecular weight excluding hydrogens is 242 g/mol. The molecule has 1 rings (SSSR count). The molecule has 0 unspecified atom stereocenters. The van der Waals surface area contributed by atoms with Gasteiger partial charge in [0.1, 0.15) is 0 Å². The topological polar surface area (TPSA) is 66.8 Å². The van der Waals surface area contributed by atoms with E-state index in [1.807, 2.05) is 13.2 Å². The van der Waals surface area contributed by atoms with E-state index >= 15 is 0 Å². The van der Waals surface area contributed by atoms with Crippen LogP contribution in [0.2, 0.25) is 0 Å². The summed E-state index contributed by atoms with van der Waals surface area (Å²) in [5.74, 6) is -0.0205. The van der Waals surface area contributed by atoms with Crippen molar-refractivity contribution in [1.29, 1.82) is 0 Å². The van der Waals surface area contributed by atoms with E-state index in [4.69, 9.17) is 9.84 Å². The van der Waals surface area contributed by atoms with Crippen LogP contribution in [0.5, 0.6) is 0 Å². The smallest absolute Gasteiger partial charge is 0.306 e. The fourth-order valence-corrected chi connectivity index (χ4v) is 2.51. The van der Waals surface area contributed by atoms with E-state index in [-0.39, 0.29) is 24.3 Å². The lowest BCUT2D eigenvalue weighted by Crippen LogP contribution is -2.48. The van der Waals surface area contributed by atoms with Crippen molar-refractivity contribution < 1.29 is 19.4 Å². The Kier molecular flexibility index (Phi) is 5.77. The van der Waals surface area contributed by atoms with Gasteiger partial charge >= 0.3 is 5.97 Å². The van der Waals surface area contributed by atoms with Gasteiger partial charge in [0.05, 0.1) is 19.1 Å². The molecule has 0 bridgehead atoms. The molecule has 1 aliphatic heterocycles. The SMILES string of the molecule is CSC[C@@H](C)C(=O)N1CCO[C@H](CC(=O)O)C1. The highest BCUT2D eigenvalue weighted by Gasteiger charge is 2.28. The molecule has 5 nitrogen and oxygen atoms in total. The Balaban J connectivity index is 2.48. The molecule has 0 spiro atoms. The first kappa shape index (κ1) is 14.3. The zero-order valence-electron chi connectivity index (χ0n) is 10.2. The number of carboxylic acids is 1. The molecule has 1 aliphatic rings. The quantitative estimate of drug-likeness (QED) is 0.788. The fourth-order valence-electron chi connectivity index (χ4n) is 1.87. The minimum Gasteiger partial charge on any atom is -0.481 e. The summed E-state index contributed by atoms with van der Waals surface area (Å²) in [7, 11) is 0. The lowest BCUT2D eigenvalue weighted by atomic mass is 10.1. The van der Waals surface area contributed by atoms with Crippen LogP contribution in [0.3, 0.4) is 0 Å². The summed E-state index contributed by atoms with van der Waals surface area (Å²) in [6.07, 6.45) is 1.56. The summed E-state index contributed by atoms with van der Waals surface area (Å²) in [4.78, 5) is 24.3. The molecule has 1 amide bonds. The first-order valence-corrected chi connectivity index (χ1v) is 7.05. The highest BCUT2D eigenvalue weighted by Crippen LogP contribution is 2.14. The van der Waals surface area contributed by atoms with Gasteiger partial charge < -0.3 is 14.7 Å². The summed E-state index contributed by atoms with van der Waals surface area (Å²) in [5.41, 5.74) is 0. The van der Waals surface area contributed by atoms with Crippen LogP contribution < -0.4 is 0 Å². The Morgan fingerprint density at radius 3 is 2.88 bits per heavy atom. The van der Waals surface area contributed by atoms with Gasteiger partial charge in [-0.2, -0.15) is 11.8 Å². The highest BCUT2D eigenvalue weighted by molar-refractivity contribution is 7.98. The van der Waals surface area contributed by atoms with Crippen LogP contribution in [0.15, 0.2) is 0 Å². The maximum Gasteiger partial charge on any atom is 0.306 e. The number of hydrogen-bond donors (Lipinski definition) is 1. The van der Waals surface area contributed by atoms with E-state index in [1.54, 1.807) is 16.7 Å². The minimum absolute atomic E-state index is 0.0198. The third kappa shape index (κ3) is 4.55. The molecule has 0 radical (unpaired) electrons. The van der Waals surface area contributed by atoms with Gasteiger partial charge in [0.15, 0.2) is 0 Å². The lowest BCUT2D eigenvalue weighted by molar-refractivity contribution is -0.149. The van der Waals surface area contributed by atoms with E-state index in [1.165, 1.54) is 0 Å². The van der Waals surface area contributed by atoms with E-state index in [2.05, 4.69) is 0 Å². The number of carboxylic acid groups (broad SMARTS) is 1. The Bertz CT molecular complexity index is 285. The van der Waals surface area contributed by atoms with Crippen molar-refractivity contribution in [3.8, 4) is 0 Å². The third-order valence-electron chi connectivity index (χ3n) is 2.69. The predicted molar refractivity (Wildman–Crippen MR) is 66.1 cm³/mol. The van der Waals surface area contributed by atoms with Crippen LogP contribution in [-0.4, -0.2) is 59.7 Å². The Hall–Kier alpha value is -0.750. The molecule has 0 aromatic rings. The summed E-state index contributed by atoms with van der Waals surface area (Å²) in [6, 6.07) is 0. The van der Waals surface area contributed by atoms with E-state index < -0.39 is 5.97 Å². The molecule has 0 saturated carbocycles. The average Bonchev–Trinajstić information content (AvgIpc) is 2.28. The molecule has 6 heteroatoms. The Labute approximate surface area is 105 Å². The van der Waals surface area contributed by atoms with Gasteiger partial charge in [-0.3, -0.25) is 9.59 Å². The molecule has 1 fully saturated rings. The summed E-state index contributed by atoms with van der Waals surface area (Å²) >= 11 is 1.64. The van der Waals surface area contributed by atoms with Crippen LogP contribution in [0.1, 0.15) is 13.3 Å². The monoisotopic (exact) mass is 261 g/mol. The van der Waals surface area contributed by atoms with Crippen molar-refractivity contribution in [1.82, 2.24) is 4.90 Å². The summed E-state index contributed by atoms with van der Waals surface area (Å²) < 4.78 is 5.33. The van der Waals surface area contributed by atoms with Gasteiger partial charge in [0.25, 0.3) is 0 Å². The maximum atomic E-state index is 12.0. The van der Waals surface area contributed by atoms with Crippen molar-refractivity contribution in [2.45, 2.75) is 19.4 Å². The van der Waals surface area contributed by atoms with Gasteiger partial charge in [0, 0.05) is 24.8 Å². The largest absolute Gasteiger partial charge is 0.481 e. The highest BCUT2D eigenvalue weighted by atomic mass is 32.2. The van der Waals surface area contributed by atoms with E-state index in [0.29, 0.717) is 19.7 Å². The number of morpholine rings is 1. The number of carbonyl (C=O) groups is 2. The molecule has 98 valence electrons. The van der Waals surface area contributed by atoms with Crippen LogP contribution in [0.4, 0.5) is 0 Å². The van der Waals surface area contributed by atoms with E-state index in [9.17, 15) is 9.59 Å². The Morgan fingerprint density at radius 1 is 1.59 bits per heavy atom. The molecule has 1 saturated heterocycles. The molecule has 0 aromatic heterocycles. The number of aliphatic carboxylic acids is 1. The average molecular weight is 261 g/mol. The zero-order valence-corrected chi connectivity index (χ0v) is 11.0. The van der Waals surface area contributed by atoms with Crippen LogP contribution in [-0.2, 0) is 14.3 Å². The number of thioether (sulfide) groups is 1. The fraction of sp³-hybridized carbons (Fsp3) is 0.818. The van der Waals surface area contributed by atoms with Crippen molar-refractivity contribution >= 4 is 23.6 Å². The molecule has 1 heterocycles. The van der Waals surface area contributed by atoms with Crippen LogP contribution in [0.25, 0.3) is 0 Å². The summed E-state index contributed by atoms with van der Waals surface area (Å²) in [5, 5.41) is 8.70. The zero-order chi connectivity index (χ0) is 12.8. The number of carbonyl (C=O) groups excluding carboxylic acids is 1. The van der Waals surface area contributed by atoms with Crippen LogP contribution >= 0.6 is 11.8 Å². The molecule has 1 N–H and O–H groups in total. The van der Waals surface area contributed by atoms with Crippen molar-refractivity contribution in [3.05, 3.63) is 0 Å². The standard InChI is InChI=1S/C11H19NO4S/c1-8(7-17-2)11(15)12-3-4-16-9(6-12)5-10(13)14/h8-9H,3-7H2,1-2H3,(H,13,14)/t8-,9-/m1/s1. The van der Waals surface area contributed by atoms with Gasteiger partial charge in [-0.25, -0.2) is 0 Å². The first-order chi connectivity index (χ1) is 8.04. The molecule has 2 atom stereocenters. The van der Waals surface area contributed by atoms with Crippen LogP contribution in [0, 0.1) is 5.92 Å². The Morgan fingerprint density at radius 2 is 2.29 bits per heavy atom. The number of rotatable bonds is 5. The second-order valence-electron chi connectivity index (χ2n) is 4.23. The van der Waals surface area contributed by atoms with E-state index in [0.717, 1.165) is 5.75 Å². The van der Waals surface area contributed by atoms with Crippen molar-refractivity contribution in [2.24, 2.45) is 5.92 Å². The predicted octanol–water partition coefficient (Wildman–Crippen LogP) is 0.688. The maximum absolute atomic E-state index is 12.0. The molecular formula is C11H19NO4S. The normalized spacial score (nSPS) is 22.2. The molecule has 0 aromatic carbocycles. The second-order valence-corrected chi connectivity index (χ2v) is 5.14. The number of hydrogen-bond acceptors (Lipinski definition) is 4. The molecule has 0 aliphatic carbocycles. The van der Waals surface area contributed by atoms with Gasteiger partial charge in [-0.05, 0) is 6.26 Å². The number of ether oxygens (including phenoxy) is 1. The van der Waals surface area contributed by atoms with Crippen molar-refractivity contribution in [3.63, 3.8) is 0 Å². The van der Waals surface area contributed by atoms with Gasteiger partial charge in [-0.1, -0.05) is 6.92 Å². The third-order valence-corrected chi connectivity index (χ3v) is 3.52. The lowest BCUT2D eigenvalue weighted by Gasteiger charge is -2.33. The number of amides is 1. The second kappa shape index (κ2) is 6.86. The number of nitrogens with zero attached hydrogens (tertiary/aromatic N) is 1. The van der Waals surface area contributed by atoms with Crippen molar-refractivity contribution in [2.75, 3.05) is 31.7 Å². The molecule has 17 heavy (non-hydrogen) atoms. The minimum atomic E-state index is -0.888. The first-order valence-electron chi connectivity index (χ1n) is 5.65.